The molecule has 1 atom stereocenters. The van der Waals surface area contributed by atoms with Crippen LogP contribution in [0.4, 0.5) is 0 Å². The average Bonchev–Trinajstić information content (AvgIpc) is 3.10. The van der Waals surface area contributed by atoms with Gasteiger partial charge in [0.25, 0.3) is 0 Å². The third-order valence-corrected chi connectivity index (χ3v) is 5.81. The number of nitrogens with one attached hydrogen (secondary N) is 1. The summed E-state index contributed by atoms with van der Waals surface area (Å²) in [5.74, 6) is 1.32. The summed E-state index contributed by atoms with van der Waals surface area (Å²) in [5.41, 5.74) is 1.04. The van der Waals surface area contributed by atoms with E-state index in [1.54, 1.807) is 0 Å². The molecule has 2 aromatic rings. The number of hydrogen-bond donors (Lipinski definition) is 1. The molecule has 3 rings (SSSR count). The standard InChI is InChI=1S/C20H29N5OS/c1-3-16(2)21-19(26)15-27-20-23-22-18(14-24-12-8-5-9-13-24)25(20)17-10-6-4-7-11-17/h4,6-7,10-11,16H,3,5,8-9,12-15H2,1-2H3,(H,21,26). The van der Waals surface area contributed by atoms with Crippen LogP contribution in [0.25, 0.3) is 5.69 Å². The van der Waals surface area contributed by atoms with Gasteiger partial charge in [-0.3, -0.25) is 14.3 Å². The summed E-state index contributed by atoms with van der Waals surface area (Å²) in [6.07, 6.45) is 4.73. The third kappa shape index (κ3) is 5.56. The third-order valence-electron chi connectivity index (χ3n) is 4.88. The monoisotopic (exact) mass is 387 g/mol. The molecule has 1 aromatic heterocycles. The summed E-state index contributed by atoms with van der Waals surface area (Å²) in [7, 11) is 0. The quantitative estimate of drug-likeness (QED) is 0.705. The second-order valence-electron chi connectivity index (χ2n) is 7.07. The van der Waals surface area contributed by atoms with Gasteiger partial charge in [-0.05, 0) is 51.4 Å². The fourth-order valence-electron chi connectivity index (χ4n) is 3.20. The Bertz CT molecular complexity index is 727. The highest BCUT2D eigenvalue weighted by Crippen LogP contribution is 2.23. The van der Waals surface area contributed by atoms with Crippen LogP contribution in [0.1, 0.15) is 45.4 Å². The van der Waals surface area contributed by atoms with Gasteiger partial charge in [0, 0.05) is 11.7 Å². The summed E-state index contributed by atoms with van der Waals surface area (Å²) in [4.78, 5) is 14.6. The van der Waals surface area contributed by atoms with Crippen molar-refractivity contribution in [1.82, 2.24) is 25.0 Å². The van der Waals surface area contributed by atoms with Crippen molar-refractivity contribution in [3.63, 3.8) is 0 Å². The number of amides is 1. The fourth-order valence-corrected chi connectivity index (χ4v) is 3.98. The summed E-state index contributed by atoms with van der Waals surface area (Å²) < 4.78 is 2.09. The number of aromatic nitrogens is 3. The molecule has 27 heavy (non-hydrogen) atoms. The van der Waals surface area contributed by atoms with Gasteiger partial charge in [0.1, 0.15) is 0 Å². The van der Waals surface area contributed by atoms with Gasteiger partial charge in [-0.2, -0.15) is 0 Å². The number of rotatable bonds is 8. The lowest BCUT2D eigenvalue weighted by Crippen LogP contribution is -2.33. The minimum absolute atomic E-state index is 0.0366. The van der Waals surface area contributed by atoms with Crippen LogP contribution in [0.2, 0.25) is 0 Å². The summed E-state index contributed by atoms with van der Waals surface area (Å²) >= 11 is 1.44. The van der Waals surface area contributed by atoms with Crippen LogP contribution in [0.3, 0.4) is 0 Å². The highest BCUT2D eigenvalue weighted by atomic mass is 32.2. The van der Waals surface area contributed by atoms with Gasteiger partial charge in [-0.15, -0.1) is 10.2 Å². The van der Waals surface area contributed by atoms with Crippen molar-refractivity contribution in [3.8, 4) is 5.69 Å². The Kier molecular flexibility index (Phi) is 7.29. The second kappa shape index (κ2) is 9.90. The lowest BCUT2D eigenvalue weighted by atomic mass is 10.1. The van der Waals surface area contributed by atoms with Gasteiger partial charge in [0.2, 0.25) is 5.91 Å². The van der Waals surface area contributed by atoms with Crippen molar-refractivity contribution in [2.75, 3.05) is 18.8 Å². The molecule has 1 fully saturated rings. The molecule has 0 saturated carbocycles. The summed E-state index contributed by atoms with van der Waals surface area (Å²) in [6.45, 7) is 7.10. The highest BCUT2D eigenvalue weighted by molar-refractivity contribution is 7.99. The number of piperidine rings is 1. The van der Waals surface area contributed by atoms with Crippen LogP contribution >= 0.6 is 11.8 Å². The first-order chi connectivity index (χ1) is 13.2. The van der Waals surface area contributed by atoms with E-state index in [1.807, 2.05) is 25.1 Å². The molecule has 0 spiro atoms. The molecule has 1 unspecified atom stereocenters. The number of carbonyl (C=O) groups excluding carboxylic acids is 1. The molecule has 1 aliphatic heterocycles. The van der Waals surface area contributed by atoms with E-state index in [2.05, 4.69) is 44.0 Å². The Morgan fingerprint density at radius 1 is 1.19 bits per heavy atom. The lowest BCUT2D eigenvalue weighted by molar-refractivity contribution is -0.119. The van der Waals surface area contributed by atoms with Crippen LogP contribution in [0.15, 0.2) is 35.5 Å². The van der Waals surface area contributed by atoms with Crippen LogP contribution in [0.5, 0.6) is 0 Å². The normalized spacial score (nSPS) is 16.2. The molecule has 1 aromatic carbocycles. The first kappa shape index (κ1) is 19.9. The first-order valence-electron chi connectivity index (χ1n) is 9.81. The van der Waals surface area contributed by atoms with Gasteiger partial charge in [0.15, 0.2) is 11.0 Å². The van der Waals surface area contributed by atoms with E-state index < -0.39 is 0 Å². The van der Waals surface area contributed by atoms with Crippen LogP contribution in [-0.2, 0) is 11.3 Å². The molecule has 0 bridgehead atoms. The van der Waals surface area contributed by atoms with Crippen molar-refractivity contribution < 1.29 is 4.79 Å². The molecule has 1 saturated heterocycles. The van der Waals surface area contributed by atoms with E-state index in [0.717, 1.165) is 42.7 Å². The van der Waals surface area contributed by atoms with Crippen molar-refractivity contribution in [3.05, 3.63) is 36.2 Å². The van der Waals surface area contributed by atoms with Gasteiger partial charge in [0.05, 0.1) is 12.3 Å². The predicted octanol–water partition coefficient (Wildman–Crippen LogP) is 3.26. The predicted molar refractivity (Wildman–Crippen MR) is 109 cm³/mol. The van der Waals surface area contributed by atoms with Crippen molar-refractivity contribution >= 4 is 17.7 Å². The Balaban J connectivity index is 1.76. The highest BCUT2D eigenvalue weighted by Gasteiger charge is 2.19. The SMILES string of the molecule is CCC(C)NC(=O)CSc1nnc(CN2CCCCC2)n1-c1ccccc1. The van der Waals surface area contributed by atoms with Crippen molar-refractivity contribution in [2.24, 2.45) is 0 Å². The topological polar surface area (TPSA) is 63.1 Å². The molecule has 1 aliphatic rings. The zero-order valence-corrected chi connectivity index (χ0v) is 17.0. The van der Waals surface area contributed by atoms with Crippen LogP contribution in [0, 0.1) is 0 Å². The maximum Gasteiger partial charge on any atom is 0.230 e. The maximum atomic E-state index is 12.2. The molecule has 0 radical (unpaired) electrons. The lowest BCUT2D eigenvalue weighted by Gasteiger charge is -2.26. The fraction of sp³-hybridized carbons (Fsp3) is 0.550. The summed E-state index contributed by atoms with van der Waals surface area (Å²) in [5, 5.41) is 12.6. The molecular formula is C20H29N5OS. The van der Waals surface area contributed by atoms with Gasteiger partial charge in [-0.25, -0.2) is 0 Å². The van der Waals surface area contributed by atoms with E-state index in [1.165, 1.54) is 31.0 Å². The molecule has 1 amide bonds. The average molecular weight is 388 g/mol. The smallest absolute Gasteiger partial charge is 0.230 e. The molecular weight excluding hydrogens is 358 g/mol. The van der Waals surface area contributed by atoms with Crippen LogP contribution in [-0.4, -0.2) is 50.5 Å². The number of hydrogen-bond acceptors (Lipinski definition) is 5. The molecule has 0 aliphatic carbocycles. The Hall–Kier alpha value is -1.86. The Morgan fingerprint density at radius 2 is 1.93 bits per heavy atom. The van der Waals surface area contributed by atoms with Gasteiger partial charge >= 0.3 is 0 Å². The molecule has 1 N–H and O–H groups in total. The van der Waals surface area contributed by atoms with E-state index in [4.69, 9.17) is 0 Å². The van der Waals surface area contributed by atoms with Crippen molar-refractivity contribution in [2.45, 2.75) is 57.3 Å². The van der Waals surface area contributed by atoms with Crippen LogP contribution < -0.4 is 5.32 Å². The van der Waals surface area contributed by atoms with E-state index in [9.17, 15) is 4.79 Å². The number of nitrogens with zero attached hydrogens (tertiary/aromatic N) is 4. The first-order valence-corrected chi connectivity index (χ1v) is 10.8. The Morgan fingerprint density at radius 3 is 2.63 bits per heavy atom. The van der Waals surface area contributed by atoms with Gasteiger partial charge in [-0.1, -0.05) is 43.3 Å². The minimum atomic E-state index is 0.0366. The maximum absolute atomic E-state index is 12.2. The molecule has 7 heteroatoms. The zero-order valence-electron chi connectivity index (χ0n) is 16.2. The summed E-state index contributed by atoms with van der Waals surface area (Å²) in [6, 6.07) is 10.4. The minimum Gasteiger partial charge on any atom is -0.353 e. The number of carbonyl (C=O) groups is 1. The molecule has 2 heterocycles. The molecule has 146 valence electrons. The van der Waals surface area contributed by atoms with Gasteiger partial charge < -0.3 is 5.32 Å². The Labute approximate surface area is 165 Å². The van der Waals surface area contributed by atoms with Crippen molar-refractivity contribution in [1.29, 1.82) is 0 Å². The zero-order chi connectivity index (χ0) is 19.1. The van der Waals surface area contributed by atoms with E-state index in [-0.39, 0.29) is 11.9 Å². The number of likely N-dealkylation sites (tertiary alicyclic amines) is 1. The van der Waals surface area contributed by atoms with E-state index >= 15 is 0 Å². The number of benzene rings is 1. The number of thioether (sulfide) groups is 1. The largest absolute Gasteiger partial charge is 0.353 e. The molecule has 6 nitrogen and oxygen atoms in total. The van der Waals surface area contributed by atoms with E-state index in [0.29, 0.717) is 5.75 Å². The second-order valence-corrected chi connectivity index (χ2v) is 8.01. The number of para-hydroxylation sites is 1.